The summed E-state index contributed by atoms with van der Waals surface area (Å²) in [4.78, 5) is 0. The van der Waals surface area contributed by atoms with E-state index in [0.717, 1.165) is 19.4 Å². The molecule has 1 aliphatic rings. The predicted molar refractivity (Wildman–Crippen MR) is 78.1 cm³/mol. The monoisotopic (exact) mass is 347 g/mol. The van der Waals surface area contributed by atoms with Gasteiger partial charge in [0, 0.05) is 37.2 Å². The molecule has 0 N–H and O–H groups in total. The second-order valence-electron chi connectivity index (χ2n) is 4.68. The molecule has 16 heavy (non-hydrogen) atoms. The number of nitrogens with zero attached hydrogens (tertiary/aromatic N) is 1. The van der Waals surface area contributed by atoms with Crippen molar-refractivity contribution in [3.05, 3.63) is 0 Å². The molecule has 0 radical (unpaired) electrons. The zero-order valence-electron chi connectivity index (χ0n) is 9.94. The van der Waals surface area contributed by atoms with Gasteiger partial charge in [-0.2, -0.15) is 4.08 Å². The summed E-state index contributed by atoms with van der Waals surface area (Å²) in [5.41, 5.74) is 0.0791. The van der Waals surface area contributed by atoms with Crippen LogP contribution in [0.25, 0.3) is 0 Å². The first-order valence-corrected chi connectivity index (χ1v) is 10.6. The van der Waals surface area contributed by atoms with Crippen molar-refractivity contribution in [2.45, 2.75) is 33.6 Å². The van der Waals surface area contributed by atoms with E-state index >= 15 is 0 Å². The van der Waals surface area contributed by atoms with Crippen molar-refractivity contribution < 1.29 is 9.05 Å². The smallest absolute Gasteiger partial charge is 0.274 e. The van der Waals surface area contributed by atoms with Gasteiger partial charge in [-0.15, -0.1) is 0 Å². The van der Waals surface area contributed by atoms with Crippen LogP contribution in [-0.2, 0) is 20.9 Å². The molecule has 1 saturated heterocycles. The molecule has 0 spiro atoms. The normalized spacial score (nSPS) is 23.6. The quantitative estimate of drug-likeness (QED) is 0.543. The highest BCUT2D eigenvalue weighted by molar-refractivity contribution is 9.50. The average Bonchev–Trinajstić information content (AvgIpc) is 2.24. The van der Waals surface area contributed by atoms with E-state index in [2.05, 4.69) is 35.6 Å². The van der Waals surface area contributed by atoms with E-state index in [1.165, 1.54) is 10.4 Å². The van der Waals surface area contributed by atoms with E-state index in [1.807, 2.05) is 4.08 Å². The Hall–Kier alpha value is 1.36. The van der Waals surface area contributed by atoms with Crippen molar-refractivity contribution in [3.63, 3.8) is 0 Å². The first-order chi connectivity index (χ1) is 7.43. The summed E-state index contributed by atoms with van der Waals surface area (Å²) in [6, 6.07) is 0. The van der Waals surface area contributed by atoms with Gasteiger partial charge < -0.3 is 9.05 Å². The Morgan fingerprint density at radius 3 is 2.44 bits per heavy atom. The molecule has 0 unspecified atom stereocenters. The van der Waals surface area contributed by atoms with Crippen molar-refractivity contribution in [2.24, 2.45) is 5.41 Å². The van der Waals surface area contributed by atoms with Crippen LogP contribution in [0.4, 0.5) is 0 Å². The van der Waals surface area contributed by atoms with Crippen LogP contribution in [0, 0.1) is 5.41 Å². The lowest BCUT2D eigenvalue weighted by Crippen LogP contribution is -2.32. The van der Waals surface area contributed by atoms with Crippen molar-refractivity contribution in [2.75, 3.05) is 19.8 Å². The molecule has 1 heterocycles. The lowest BCUT2D eigenvalue weighted by Gasteiger charge is -2.40. The molecule has 96 valence electrons. The Balaban J connectivity index is 2.59. The Morgan fingerprint density at radius 1 is 1.44 bits per heavy atom. The zero-order valence-corrected chi connectivity index (χ0v) is 14.1. The largest absolute Gasteiger partial charge is 0.317 e. The maximum Gasteiger partial charge on any atom is 0.274 e. The number of rotatable bonds is 5. The number of hydrogen-bond acceptors (Lipinski definition) is 4. The lowest BCUT2D eigenvalue weighted by molar-refractivity contribution is 0.0506. The van der Waals surface area contributed by atoms with Crippen molar-refractivity contribution in [1.82, 2.24) is 4.08 Å². The number of hydrogen-bond donors (Lipinski definition) is 0. The molecule has 1 rings (SSSR count). The van der Waals surface area contributed by atoms with Gasteiger partial charge in [0.1, 0.15) is 0 Å². The summed E-state index contributed by atoms with van der Waals surface area (Å²) in [5, 5.41) is 0. The third-order valence-corrected chi connectivity index (χ3v) is 8.44. The van der Waals surface area contributed by atoms with Crippen molar-refractivity contribution >= 4 is 43.6 Å². The standard InChI is InChI=1S/C9H19BrNO2PS2/c1-4-5-6-11(16-10)14(15)12-7-9(2,3)8-13-14/h4-8H2,1-3H3. The second-order valence-corrected chi connectivity index (χ2v) is 9.72. The van der Waals surface area contributed by atoms with Gasteiger partial charge in [-0.05, 0) is 18.2 Å². The molecule has 0 aromatic carbocycles. The third-order valence-electron chi connectivity index (χ3n) is 2.29. The van der Waals surface area contributed by atoms with Gasteiger partial charge in [0.15, 0.2) is 0 Å². The molecule has 0 aromatic heterocycles. The fraction of sp³-hybridized carbons (Fsp3) is 1.00. The van der Waals surface area contributed by atoms with Gasteiger partial charge in [0.25, 0.3) is 6.64 Å². The van der Waals surface area contributed by atoms with Crippen molar-refractivity contribution in [1.29, 1.82) is 0 Å². The third kappa shape index (κ3) is 4.23. The molecule has 0 bridgehead atoms. The fourth-order valence-corrected chi connectivity index (χ4v) is 7.34. The lowest BCUT2D eigenvalue weighted by atomic mass is 9.97. The molecule has 0 aliphatic carbocycles. The Bertz CT molecular complexity index is 264. The van der Waals surface area contributed by atoms with Gasteiger partial charge in [0.05, 0.1) is 13.2 Å². The molecule has 3 nitrogen and oxygen atoms in total. The van der Waals surface area contributed by atoms with Crippen molar-refractivity contribution in [3.8, 4) is 0 Å². The Morgan fingerprint density at radius 2 is 2.00 bits per heavy atom. The highest BCUT2D eigenvalue weighted by atomic mass is 79.9. The topological polar surface area (TPSA) is 21.7 Å². The van der Waals surface area contributed by atoms with Crippen LogP contribution >= 0.6 is 31.8 Å². The molecule has 7 heteroatoms. The number of unbranched alkanes of at least 4 members (excludes halogenated alkanes) is 1. The summed E-state index contributed by atoms with van der Waals surface area (Å²) in [5.74, 6) is 0. The van der Waals surface area contributed by atoms with Crippen LogP contribution in [-0.4, -0.2) is 23.8 Å². The first-order valence-electron chi connectivity index (χ1n) is 5.39. The molecule has 0 amide bonds. The summed E-state index contributed by atoms with van der Waals surface area (Å²) in [6.07, 6.45) is 2.25. The van der Waals surface area contributed by atoms with Gasteiger partial charge in [-0.25, -0.2) is 0 Å². The van der Waals surface area contributed by atoms with Gasteiger partial charge in [-0.1, -0.05) is 27.2 Å². The molecule has 0 aromatic rings. The minimum Gasteiger partial charge on any atom is -0.317 e. The Labute approximate surface area is 115 Å². The van der Waals surface area contributed by atoms with Crippen LogP contribution in [0.15, 0.2) is 0 Å². The van der Waals surface area contributed by atoms with Crippen LogP contribution in [0.1, 0.15) is 33.6 Å². The molecular weight excluding hydrogens is 329 g/mol. The number of halogens is 1. The van der Waals surface area contributed by atoms with E-state index in [9.17, 15) is 0 Å². The zero-order chi connectivity index (χ0) is 12.2. The van der Waals surface area contributed by atoms with Crippen LogP contribution < -0.4 is 0 Å². The molecular formula is C9H19BrNO2PS2. The van der Waals surface area contributed by atoms with E-state index in [1.54, 1.807) is 0 Å². The second kappa shape index (κ2) is 6.50. The van der Waals surface area contributed by atoms with E-state index < -0.39 is 6.64 Å². The van der Waals surface area contributed by atoms with Gasteiger partial charge in [-0.3, -0.25) is 0 Å². The van der Waals surface area contributed by atoms with Crippen LogP contribution in [0.2, 0.25) is 0 Å². The minimum atomic E-state index is -2.25. The molecule has 0 saturated carbocycles. The van der Waals surface area contributed by atoms with Gasteiger partial charge in [0.2, 0.25) is 0 Å². The Kier molecular flexibility index (Phi) is 6.27. The summed E-state index contributed by atoms with van der Waals surface area (Å²) in [6.45, 7) is 6.44. The van der Waals surface area contributed by atoms with Crippen LogP contribution in [0.5, 0.6) is 0 Å². The minimum absolute atomic E-state index is 0.0791. The molecule has 1 aliphatic heterocycles. The summed E-state index contributed by atoms with van der Waals surface area (Å²) >= 11 is 8.92. The molecule has 0 atom stereocenters. The maximum atomic E-state index is 5.81. The predicted octanol–water partition coefficient (Wildman–Crippen LogP) is 4.34. The average molecular weight is 348 g/mol. The fourth-order valence-electron chi connectivity index (χ4n) is 1.21. The summed E-state index contributed by atoms with van der Waals surface area (Å²) < 4.78 is 13.7. The summed E-state index contributed by atoms with van der Waals surface area (Å²) in [7, 11) is 1.46. The van der Waals surface area contributed by atoms with E-state index in [4.69, 9.17) is 20.9 Å². The van der Waals surface area contributed by atoms with E-state index in [-0.39, 0.29) is 5.41 Å². The first kappa shape index (κ1) is 15.4. The van der Waals surface area contributed by atoms with Gasteiger partial charge >= 0.3 is 0 Å². The van der Waals surface area contributed by atoms with Crippen LogP contribution in [0.3, 0.4) is 0 Å². The SMILES string of the molecule is CCCCN(SBr)P1(=S)OCC(C)(C)CO1. The maximum absolute atomic E-state index is 5.81. The molecule has 1 fully saturated rings. The highest BCUT2D eigenvalue weighted by Gasteiger charge is 2.37. The van der Waals surface area contributed by atoms with E-state index in [0.29, 0.717) is 13.2 Å². The highest BCUT2D eigenvalue weighted by Crippen LogP contribution is 2.60.